The highest BCUT2D eigenvalue weighted by Crippen LogP contribution is 2.19. The first kappa shape index (κ1) is 16.2. The number of terminal acetylenes is 1. The lowest BCUT2D eigenvalue weighted by atomic mass is 10.1. The predicted molar refractivity (Wildman–Crippen MR) is 77.9 cm³/mol. The van der Waals surface area contributed by atoms with Crippen molar-refractivity contribution in [2.45, 2.75) is 19.4 Å². The highest BCUT2D eigenvalue weighted by molar-refractivity contribution is 6.05. The van der Waals surface area contributed by atoms with Crippen LogP contribution in [0.2, 0.25) is 0 Å². The van der Waals surface area contributed by atoms with Gasteiger partial charge in [-0.3, -0.25) is 9.59 Å². The van der Waals surface area contributed by atoms with Crippen LogP contribution in [0.1, 0.15) is 23.7 Å². The van der Waals surface area contributed by atoms with Gasteiger partial charge in [0, 0.05) is 20.4 Å². The second-order valence-electron chi connectivity index (χ2n) is 4.37. The van der Waals surface area contributed by atoms with Crippen LogP contribution >= 0.6 is 0 Å². The van der Waals surface area contributed by atoms with Crippen LogP contribution in [0.3, 0.4) is 0 Å². The number of carbonyl (C=O) groups excluding carboxylic acids is 2. The van der Waals surface area contributed by atoms with Crippen LogP contribution < -0.4 is 10.2 Å². The van der Waals surface area contributed by atoms with Crippen LogP contribution in [-0.2, 0) is 9.59 Å². The molecule has 0 saturated carbocycles. The Morgan fingerprint density at radius 1 is 1.38 bits per heavy atom. The van der Waals surface area contributed by atoms with Gasteiger partial charge in [-0.2, -0.15) is 0 Å². The van der Waals surface area contributed by atoms with Gasteiger partial charge in [0.05, 0.1) is 11.3 Å². The number of carboxylic acids is 1. The second kappa shape index (κ2) is 7.10. The number of aliphatic carboxylic acids is 1. The number of carboxylic acid groups (broad SMARTS) is 1. The van der Waals surface area contributed by atoms with Crippen molar-refractivity contribution in [3.05, 3.63) is 29.8 Å². The summed E-state index contributed by atoms with van der Waals surface area (Å²) in [6.45, 7) is 1.37. The highest BCUT2D eigenvalue weighted by atomic mass is 16.4. The Bertz CT molecular complexity index is 604. The summed E-state index contributed by atoms with van der Waals surface area (Å²) in [5, 5.41) is 11.3. The van der Waals surface area contributed by atoms with Crippen molar-refractivity contribution in [3.8, 4) is 12.3 Å². The molecule has 110 valence electrons. The molecule has 0 spiro atoms. The lowest BCUT2D eigenvalue weighted by Gasteiger charge is -2.19. The molecule has 21 heavy (non-hydrogen) atoms. The zero-order chi connectivity index (χ0) is 16.0. The molecule has 1 rings (SSSR count). The number of hydrogen-bond donors (Lipinski definition) is 2. The molecule has 1 unspecified atom stereocenters. The number of para-hydroxylation sites is 1. The summed E-state index contributed by atoms with van der Waals surface area (Å²) < 4.78 is 0. The van der Waals surface area contributed by atoms with Crippen LogP contribution in [-0.4, -0.2) is 36.0 Å². The Hall–Kier alpha value is -2.81. The molecule has 1 aromatic rings. The first-order valence-electron chi connectivity index (χ1n) is 6.19. The lowest BCUT2D eigenvalue weighted by molar-refractivity contribution is -0.139. The summed E-state index contributed by atoms with van der Waals surface area (Å²) in [5.41, 5.74) is 0.603. The third-order valence-electron chi connectivity index (χ3n) is 2.91. The monoisotopic (exact) mass is 288 g/mol. The van der Waals surface area contributed by atoms with Crippen molar-refractivity contribution in [3.63, 3.8) is 0 Å². The standard InChI is InChI=1S/C15H16N2O4/c1-4-7-12(15(20)21)16-14(19)11-8-5-6-9-13(11)17(3)10(2)18/h1,5-6,8-9,12H,7H2,2-3H3,(H,16,19)(H,20,21). The van der Waals surface area contributed by atoms with Crippen LogP contribution in [0.4, 0.5) is 5.69 Å². The number of nitrogens with zero attached hydrogens (tertiary/aromatic N) is 1. The SMILES string of the molecule is C#CCC(NC(=O)c1ccccc1N(C)C(C)=O)C(=O)O. The van der Waals surface area contributed by atoms with Crippen molar-refractivity contribution in [1.29, 1.82) is 0 Å². The molecule has 0 aliphatic rings. The van der Waals surface area contributed by atoms with Crippen LogP contribution in [0.25, 0.3) is 0 Å². The lowest BCUT2D eigenvalue weighted by Crippen LogP contribution is -2.41. The maximum atomic E-state index is 12.2. The third-order valence-corrected chi connectivity index (χ3v) is 2.91. The highest BCUT2D eigenvalue weighted by Gasteiger charge is 2.22. The number of amides is 2. The van der Waals surface area contributed by atoms with Gasteiger partial charge in [-0.25, -0.2) is 4.79 Å². The van der Waals surface area contributed by atoms with Gasteiger partial charge in [-0.15, -0.1) is 12.3 Å². The van der Waals surface area contributed by atoms with Crippen molar-refractivity contribution < 1.29 is 19.5 Å². The Morgan fingerprint density at radius 3 is 2.52 bits per heavy atom. The van der Waals surface area contributed by atoms with Crippen molar-refractivity contribution in [2.24, 2.45) is 0 Å². The van der Waals surface area contributed by atoms with E-state index in [0.29, 0.717) is 5.69 Å². The third kappa shape index (κ3) is 4.08. The smallest absolute Gasteiger partial charge is 0.327 e. The molecule has 1 aromatic carbocycles. The quantitative estimate of drug-likeness (QED) is 0.787. The van der Waals surface area contributed by atoms with Gasteiger partial charge in [-0.1, -0.05) is 12.1 Å². The van der Waals surface area contributed by atoms with Crippen LogP contribution in [0.15, 0.2) is 24.3 Å². The molecule has 6 heteroatoms. The molecule has 0 aliphatic carbocycles. The second-order valence-corrected chi connectivity index (χ2v) is 4.37. The number of hydrogen-bond acceptors (Lipinski definition) is 3. The topological polar surface area (TPSA) is 86.7 Å². The Labute approximate surface area is 122 Å². The fraction of sp³-hybridized carbons (Fsp3) is 0.267. The average Bonchev–Trinajstić information content (AvgIpc) is 2.45. The first-order valence-corrected chi connectivity index (χ1v) is 6.19. The average molecular weight is 288 g/mol. The Balaban J connectivity index is 3.05. The van der Waals surface area contributed by atoms with Crippen molar-refractivity contribution >= 4 is 23.5 Å². The molecule has 2 amide bonds. The fourth-order valence-electron chi connectivity index (χ4n) is 1.68. The van der Waals surface area contributed by atoms with E-state index in [4.69, 9.17) is 11.5 Å². The normalized spacial score (nSPS) is 11.1. The summed E-state index contributed by atoms with van der Waals surface area (Å²) in [6, 6.07) is 5.26. The van der Waals surface area contributed by atoms with Gasteiger partial charge in [0.15, 0.2) is 0 Å². The minimum Gasteiger partial charge on any atom is -0.480 e. The molecule has 0 heterocycles. The molecule has 0 radical (unpaired) electrons. The molecule has 0 bridgehead atoms. The number of benzene rings is 1. The number of nitrogens with one attached hydrogen (secondary N) is 1. The molecule has 0 saturated heterocycles. The van der Waals surface area contributed by atoms with Crippen molar-refractivity contribution in [1.82, 2.24) is 5.32 Å². The zero-order valence-corrected chi connectivity index (χ0v) is 11.8. The van der Waals surface area contributed by atoms with E-state index in [1.54, 1.807) is 18.2 Å². The summed E-state index contributed by atoms with van der Waals surface area (Å²) >= 11 is 0. The summed E-state index contributed by atoms with van der Waals surface area (Å²) in [7, 11) is 1.53. The van der Waals surface area contributed by atoms with Gasteiger partial charge in [0.2, 0.25) is 5.91 Å². The summed E-state index contributed by atoms with van der Waals surface area (Å²) in [6.07, 6.45) is 4.96. The molecule has 2 N–H and O–H groups in total. The predicted octanol–water partition coefficient (Wildman–Crippen LogP) is 0.876. The molecule has 0 aliphatic heterocycles. The molecule has 0 aromatic heterocycles. The largest absolute Gasteiger partial charge is 0.480 e. The summed E-state index contributed by atoms with van der Waals surface area (Å²) in [4.78, 5) is 35.9. The van der Waals surface area contributed by atoms with Crippen molar-refractivity contribution in [2.75, 3.05) is 11.9 Å². The molecule has 0 fully saturated rings. The number of rotatable bonds is 5. The minimum atomic E-state index is -1.21. The van der Waals surface area contributed by atoms with E-state index >= 15 is 0 Å². The molecule has 1 atom stereocenters. The van der Waals surface area contributed by atoms with E-state index < -0.39 is 17.9 Å². The van der Waals surface area contributed by atoms with E-state index in [9.17, 15) is 14.4 Å². The van der Waals surface area contributed by atoms with Gasteiger partial charge >= 0.3 is 5.97 Å². The first-order chi connectivity index (χ1) is 9.88. The molecular formula is C15H16N2O4. The number of carbonyl (C=O) groups is 3. The summed E-state index contributed by atoms with van der Waals surface area (Å²) in [5.74, 6) is 0.154. The van der Waals surface area contributed by atoms with Gasteiger partial charge in [-0.05, 0) is 12.1 Å². The van der Waals surface area contributed by atoms with Gasteiger partial charge in [0.1, 0.15) is 6.04 Å². The van der Waals surface area contributed by atoms with Crippen LogP contribution in [0.5, 0.6) is 0 Å². The van der Waals surface area contributed by atoms with E-state index in [0.717, 1.165) is 0 Å². The van der Waals surface area contributed by atoms with E-state index in [2.05, 4.69) is 11.2 Å². The van der Waals surface area contributed by atoms with E-state index in [1.165, 1.54) is 24.9 Å². The zero-order valence-electron chi connectivity index (χ0n) is 11.8. The van der Waals surface area contributed by atoms with E-state index in [-0.39, 0.29) is 17.9 Å². The van der Waals surface area contributed by atoms with E-state index in [1.807, 2.05) is 0 Å². The fourth-order valence-corrected chi connectivity index (χ4v) is 1.68. The molecule has 6 nitrogen and oxygen atoms in total. The van der Waals surface area contributed by atoms with Gasteiger partial charge < -0.3 is 15.3 Å². The Morgan fingerprint density at radius 2 is 2.00 bits per heavy atom. The van der Waals surface area contributed by atoms with Crippen LogP contribution in [0, 0.1) is 12.3 Å². The minimum absolute atomic E-state index is 0.119. The van der Waals surface area contributed by atoms with Gasteiger partial charge in [0.25, 0.3) is 5.91 Å². The maximum Gasteiger partial charge on any atom is 0.327 e. The Kier molecular flexibility index (Phi) is 5.49. The maximum absolute atomic E-state index is 12.2. The number of anilines is 1. The molecular weight excluding hydrogens is 272 g/mol.